The third-order valence-electron chi connectivity index (χ3n) is 4.23. The Bertz CT molecular complexity index is 762. The normalized spacial score (nSPS) is 14.2. The molecule has 0 atom stereocenters. The Morgan fingerprint density at radius 2 is 1.85 bits per heavy atom. The fourth-order valence-corrected chi connectivity index (χ4v) is 2.80. The van der Waals surface area contributed by atoms with Crippen LogP contribution < -0.4 is 10.2 Å². The van der Waals surface area contributed by atoms with E-state index < -0.39 is 0 Å². The Balaban J connectivity index is 1.61. The molecule has 1 aliphatic rings. The molecule has 1 saturated heterocycles. The number of anilines is 2. The van der Waals surface area contributed by atoms with Crippen molar-refractivity contribution in [1.29, 1.82) is 0 Å². The number of urea groups is 1. The van der Waals surface area contributed by atoms with Gasteiger partial charge in [0.2, 0.25) is 0 Å². The molecule has 7 heteroatoms. The van der Waals surface area contributed by atoms with Gasteiger partial charge in [-0.05, 0) is 35.9 Å². The molecule has 0 saturated carbocycles. The summed E-state index contributed by atoms with van der Waals surface area (Å²) in [6, 6.07) is 10.2. The fourth-order valence-electron chi connectivity index (χ4n) is 2.80. The third kappa shape index (κ3) is 4.49. The summed E-state index contributed by atoms with van der Waals surface area (Å²) in [4.78, 5) is 15.6. The molecule has 3 rings (SSSR count). The second kappa shape index (κ2) is 8.14. The molecule has 2 amide bonds. The lowest BCUT2D eigenvalue weighted by atomic mass is 10.2. The molecule has 0 bridgehead atoms. The topological polar surface area (TPSA) is 44.8 Å². The molecule has 5 nitrogen and oxygen atoms in total. The molecule has 138 valence electrons. The maximum atomic E-state index is 14.4. The second-order valence-corrected chi connectivity index (χ2v) is 6.18. The van der Waals surface area contributed by atoms with Crippen LogP contribution in [-0.2, 0) is 11.3 Å². The number of rotatable bonds is 4. The summed E-state index contributed by atoms with van der Waals surface area (Å²) in [7, 11) is 1.62. The van der Waals surface area contributed by atoms with E-state index in [2.05, 4.69) is 5.32 Å². The number of ether oxygens (including phenoxy) is 1. The summed E-state index contributed by atoms with van der Waals surface area (Å²) in [5, 5.41) is 2.67. The molecule has 0 spiro atoms. The highest BCUT2D eigenvalue weighted by Crippen LogP contribution is 2.24. The molecule has 0 aliphatic carbocycles. The van der Waals surface area contributed by atoms with Crippen LogP contribution in [0.15, 0.2) is 42.5 Å². The van der Waals surface area contributed by atoms with Crippen molar-refractivity contribution in [2.45, 2.75) is 6.54 Å². The molecule has 1 N–H and O–H groups in total. The first-order valence-electron chi connectivity index (χ1n) is 8.42. The lowest BCUT2D eigenvalue weighted by molar-refractivity contribution is 0.122. The van der Waals surface area contributed by atoms with Gasteiger partial charge < -0.3 is 19.9 Å². The summed E-state index contributed by atoms with van der Waals surface area (Å²) in [6.45, 7) is 2.75. The molecule has 0 aromatic heterocycles. The SMILES string of the molecule is CN(Cc1ccc(F)cc1)C(=O)Nc1ccc(N2CCOCC2)c(F)c1. The zero-order valence-electron chi connectivity index (χ0n) is 14.5. The van der Waals surface area contributed by atoms with Crippen molar-refractivity contribution in [3.8, 4) is 0 Å². The number of amides is 2. The van der Waals surface area contributed by atoms with Crippen LogP contribution in [0.25, 0.3) is 0 Å². The first-order chi connectivity index (χ1) is 12.5. The standard InChI is InChI=1S/C19H21F2N3O2/c1-23(13-14-2-4-15(20)5-3-14)19(25)22-16-6-7-18(17(21)12-16)24-8-10-26-11-9-24/h2-7,12H,8-11,13H2,1H3,(H,22,25). The lowest BCUT2D eigenvalue weighted by Gasteiger charge is -2.29. The minimum absolute atomic E-state index is 0.320. The maximum absolute atomic E-state index is 14.4. The average Bonchev–Trinajstić information content (AvgIpc) is 2.64. The third-order valence-corrected chi connectivity index (χ3v) is 4.23. The van der Waals surface area contributed by atoms with Gasteiger partial charge in [0.05, 0.1) is 18.9 Å². The Morgan fingerprint density at radius 1 is 1.15 bits per heavy atom. The summed E-state index contributed by atoms with van der Waals surface area (Å²) in [5.41, 5.74) is 1.69. The van der Waals surface area contributed by atoms with Crippen LogP contribution in [0.4, 0.5) is 25.0 Å². The van der Waals surface area contributed by atoms with E-state index in [1.807, 2.05) is 4.90 Å². The van der Waals surface area contributed by atoms with Crippen LogP contribution in [0.3, 0.4) is 0 Å². The molecule has 1 fully saturated rings. The summed E-state index contributed by atoms with van der Waals surface area (Å²) in [5.74, 6) is -0.706. The van der Waals surface area contributed by atoms with Gasteiger partial charge in [-0.2, -0.15) is 0 Å². The second-order valence-electron chi connectivity index (χ2n) is 6.18. The average molecular weight is 361 g/mol. The quantitative estimate of drug-likeness (QED) is 0.907. The van der Waals surface area contributed by atoms with Crippen molar-refractivity contribution in [3.63, 3.8) is 0 Å². The molecule has 0 unspecified atom stereocenters. The Kier molecular flexibility index (Phi) is 5.68. The van der Waals surface area contributed by atoms with Gasteiger partial charge in [0.1, 0.15) is 11.6 Å². The molecular weight excluding hydrogens is 340 g/mol. The smallest absolute Gasteiger partial charge is 0.321 e. The minimum atomic E-state index is -0.383. The van der Waals surface area contributed by atoms with Gasteiger partial charge in [-0.1, -0.05) is 12.1 Å². The van der Waals surface area contributed by atoms with Gasteiger partial charge in [-0.15, -0.1) is 0 Å². The van der Waals surface area contributed by atoms with Crippen molar-refractivity contribution in [2.24, 2.45) is 0 Å². The molecule has 26 heavy (non-hydrogen) atoms. The van der Waals surface area contributed by atoms with E-state index in [0.29, 0.717) is 44.2 Å². The first kappa shape index (κ1) is 18.1. The van der Waals surface area contributed by atoms with E-state index in [4.69, 9.17) is 4.74 Å². The number of morpholine rings is 1. The number of hydrogen-bond donors (Lipinski definition) is 1. The van der Waals surface area contributed by atoms with Crippen molar-refractivity contribution < 1.29 is 18.3 Å². The van der Waals surface area contributed by atoms with E-state index in [1.54, 1.807) is 31.3 Å². The molecule has 2 aromatic rings. The maximum Gasteiger partial charge on any atom is 0.321 e. The molecule has 0 radical (unpaired) electrons. The summed E-state index contributed by atoms with van der Waals surface area (Å²) >= 11 is 0. The number of halogens is 2. The predicted molar refractivity (Wildman–Crippen MR) is 96.3 cm³/mol. The van der Waals surface area contributed by atoms with Crippen LogP contribution in [0.5, 0.6) is 0 Å². The largest absolute Gasteiger partial charge is 0.378 e. The summed E-state index contributed by atoms with van der Waals surface area (Å²) in [6.07, 6.45) is 0. The Morgan fingerprint density at radius 3 is 2.50 bits per heavy atom. The first-order valence-corrected chi connectivity index (χ1v) is 8.42. The van der Waals surface area contributed by atoms with Crippen LogP contribution in [0.1, 0.15) is 5.56 Å². The zero-order chi connectivity index (χ0) is 18.5. The Hall–Kier alpha value is -2.67. The fraction of sp³-hybridized carbons (Fsp3) is 0.316. The molecule has 1 aliphatic heterocycles. The monoisotopic (exact) mass is 361 g/mol. The van der Waals surface area contributed by atoms with Gasteiger partial charge in [-0.25, -0.2) is 13.6 Å². The Labute approximate surface area is 151 Å². The van der Waals surface area contributed by atoms with Gasteiger partial charge in [-0.3, -0.25) is 0 Å². The van der Waals surface area contributed by atoms with Gasteiger partial charge in [0, 0.05) is 32.4 Å². The number of hydrogen-bond acceptors (Lipinski definition) is 3. The number of carbonyl (C=O) groups is 1. The van der Waals surface area contributed by atoms with Crippen molar-refractivity contribution in [2.75, 3.05) is 43.6 Å². The van der Waals surface area contributed by atoms with Gasteiger partial charge >= 0.3 is 6.03 Å². The van der Waals surface area contributed by atoms with Crippen molar-refractivity contribution in [3.05, 3.63) is 59.7 Å². The van der Waals surface area contributed by atoms with Crippen molar-refractivity contribution in [1.82, 2.24) is 4.90 Å². The highest BCUT2D eigenvalue weighted by molar-refractivity contribution is 5.89. The van der Waals surface area contributed by atoms with Gasteiger partial charge in [0.25, 0.3) is 0 Å². The van der Waals surface area contributed by atoms with Crippen LogP contribution in [0, 0.1) is 11.6 Å². The van der Waals surface area contributed by atoms with E-state index in [1.165, 1.54) is 23.1 Å². The molecular formula is C19H21F2N3O2. The number of nitrogens with zero attached hydrogens (tertiary/aromatic N) is 2. The van der Waals surface area contributed by atoms with E-state index in [0.717, 1.165) is 5.56 Å². The number of nitrogens with one attached hydrogen (secondary N) is 1. The highest BCUT2D eigenvalue weighted by atomic mass is 19.1. The van der Waals surface area contributed by atoms with E-state index >= 15 is 0 Å². The van der Waals surface area contributed by atoms with Gasteiger partial charge in [0.15, 0.2) is 0 Å². The van der Waals surface area contributed by atoms with E-state index in [-0.39, 0.29) is 17.7 Å². The lowest BCUT2D eigenvalue weighted by Crippen LogP contribution is -2.36. The minimum Gasteiger partial charge on any atom is -0.378 e. The zero-order valence-corrected chi connectivity index (χ0v) is 14.5. The van der Waals surface area contributed by atoms with Crippen molar-refractivity contribution >= 4 is 17.4 Å². The molecule has 1 heterocycles. The predicted octanol–water partition coefficient (Wildman–Crippen LogP) is 3.47. The van der Waals surface area contributed by atoms with Crippen LogP contribution in [0.2, 0.25) is 0 Å². The number of carbonyl (C=O) groups excluding carboxylic acids is 1. The van der Waals surface area contributed by atoms with E-state index in [9.17, 15) is 13.6 Å². The van der Waals surface area contributed by atoms with Crippen LogP contribution in [-0.4, -0.2) is 44.3 Å². The number of benzene rings is 2. The molecule has 2 aromatic carbocycles. The van der Waals surface area contributed by atoms with Crippen LogP contribution >= 0.6 is 0 Å². The summed E-state index contributed by atoms with van der Waals surface area (Å²) < 4.78 is 32.6. The highest BCUT2D eigenvalue weighted by Gasteiger charge is 2.16.